The Morgan fingerprint density at radius 1 is 1.29 bits per heavy atom. The van der Waals surface area contributed by atoms with E-state index in [2.05, 4.69) is 24.2 Å². The van der Waals surface area contributed by atoms with Crippen LogP contribution >= 0.6 is 0 Å². The van der Waals surface area contributed by atoms with Gasteiger partial charge >= 0.3 is 0 Å². The molecule has 2 nitrogen and oxygen atoms in total. The smallest absolute Gasteiger partial charge is 0.0995 e. The molecule has 2 heteroatoms. The van der Waals surface area contributed by atoms with Gasteiger partial charge in [-0.1, -0.05) is 39.5 Å². The second kappa shape index (κ2) is 6.86. The first kappa shape index (κ1) is 11.5. The lowest BCUT2D eigenvalue weighted by atomic mass is 9.97. The molecule has 0 bridgehead atoms. The molecule has 0 saturated carbocycles. The highest BCUT2D eigenvalue weighted by molar-refractivity contribution is 5.85. The van der Waals surface area contributed by atoms with Gasteiger partial charge in [0.2, 0.25) is 0 Å². The van der Waals surface area contributed by atoms with Crippen molar-refractivity contribution in [3.8, 4) is 0 Å². The summed E-state index contributed by atoms with van der Waals surface area (Å²) in [5, 5.41) is 3.40. The standard InChI is InChI=1S/C12H24N2/c1-3-5-6-7-8-11(4-2)12-13-9-10-14-12/h11H,3-10H2,1-2H3,(H,13,14). The van der Waals surface area contributed by atoms with Crippen molar-refractivity contribution in [2.45, 2.75) is 52.4 Å². The Labute approximate surface area is 88.2 Å². The summed E-state index contributed by atoms with van der Waals surface area (Å²) in [5.41, 5.74) is 0. The van der Waals surface area contributed by atoms with Crippen LogP contribution in [-0.2, 0) is 0 Å². The lowest BCUT2D eigenvalue weighted by Crippen LogP contribution is -2.26. The SMILES string of the molecule is CCCCCCC(CC)C1=NCCN1. The molecule has 1 N–H and O–H groups in total. The number of hydrogen-bond acceptors (Lipinski definition) is 2. The van der Waals surface area contributed by atoms with Gasteiger partial charge in [-0.15, -0.1) is 0 Å². The average molecular weight is 196 g/mol. The van der Waals surface area contributed by atoms with Gasteiger partial charge in [0.25, 0.3) is 0 Å². The van der Waals surface area contributed by atoms with Crippen LogP contribution in [-0.4, -0.2) is 18.9 Å². The maximum atomic E-state index is 4.51. The van der Waals surface area contributed by atoms with Crippen LogP contribution in [0.15, 0.2) is 4.99 Å². The fraction of sp³-hybridized carbons (Fsp3) is 0.917. The topological polar surface area (TPSA) is 24.4 Å². The molecular weight excluding hydrogens is 172 g/mol. The lowest BCUT2D eigenvalue weighted by Gasteiger charge is -2.15. The third kappa shape index (κ3) is 3.69. The third-order valence-corrected chi connectivity index (χ3v) is 2.99. The first-order chi connectivity index (χ1) is 6.88. The van der Waals surface area contributed by atoms with Crippen molar-refractivity contribution in [2.24, 2.45) is 10.9 Å². The van der Waals surface area contributed by atoms with E-state index >= 15 is 0 Å². The van der Waals surface area contributed by atoms with Crippen LogP contribution in [0.1, 0.15) is 52.4 Å². The summed E-state index contributed by atoms with van der Waals surface area (Å²) in [6.45, 7) is 6.58. The Hall–Kier alpha value is -0.530. The second-order valence-electron chi connectivity index (χ2n) is 4.15. The third-order valence-electron chi connectivity index (χ3n) is 2.99. The molecule has 0 aromatic rings. The van der Waals surface area contributed by atoms with Crippen LogP contribution in [0.25, 0.3) is 0 Å². The highest BCUT2D eigenvalue weighted by Crippen LogP contribution is 2.16. The van der Waals surface area contributed by atoms with Crippen LogP contribution < -0.4 is 5.32 Å². The Bertz CT molecular complexity index is 175. The molecule has 0 fully saturated rings. The van der Waals surface area contributed by atoms with Gasteiger partial charge in [-0.05, 0) is 12.8 Å². The molecule has 1 rings (SSSR count). The minimum Gasteiger partial charge on any atom is -0.372 e. The first-order valence-corrected chi connectivity index (χ1v) is 6.16. The van der Waals surface area contributed by atoms with E-state index in [1.54, 1.807) is 0 Å². The molecular formula is C12H24N2. The van der Waals surface area contributed by atoms with E-state index in [0.29, 0.717) is 5.92 Å². The fourth-order valence-corrected chi connectivity index (χ4v) is 2.04. The largest absolute Gasteiger partial charge is 0.372 e. The monoisotopic (exact) mass is 196 g/mol. The molecule has 0 aliphatic carbocycles. The number of rotatable bonds is 7. The zero-order valence-electron chi connectivity index (χ0n) is 9.68. The molecule has 1 heterocycles. The van der Waals surface area contributed by atoms with Crippen molar-refractivity contribution in [3.05, 3.63) is 0 Å². The van der Waals surface area contributed by atoms with Gasteiger partial charge in [0.15, 0.2) is 0 Å². The molecule has 0 saturated heterocycles. The second-order valence-corrected chi connectivity index (χ2v) is 4.15. The van der Waals surface area contributed by atoms with Crippen molar-refractivity contribution in [2.75, 3.05) is 13.1 Å². The van der Waals surface area contributed by atoms with Crippen molar-refractivity contribution >= 4 is 5.84 Å². The molecule has 82 valence electrons. The van der Waals surface area contributed by atoms with Crippen molar-refractivity contribution in [1.82, 2.24) is 5.32 Å². The summed E-state index contributed by atoms with van der Waals surface area (Å²) in [6, 6.07) is 0. The number of unbranched alkanes of at least 4 members (excludes halogenated alkanes) is 3. The summed E-state index contributed by atoms with van der Waals surface area (Å²) in [4.78, 5) is 4.51. The Morgan fingerprint density at radius 2 is 2.14 bits per heavy atom. The van der Waals surface area contributed by atoms with Gasteiger partial charge in [0, 0.05) is 12.5 Å². The molecule has 1 unspecified atom stereocenters. The number of amidine groups is 1. The predicted molar refractivity (Wildman–Crippen MR) is 62.8 cm³/mol. The van der Waals surface area contributed by atoms with Gasteiger partial charge in [-0.2, -0.15) is 0 Å². The van der Waals surface area contributed by atoms with Gasteiger partial charge < -0.3 is 5.32 Å². The van der Waals surface area contributed by atoms with E-state index in [1.165, 1.54) is 44.4 Å². The summed E-state index contributed by atoms with van der Waals surface area (Å²) in [5.74, 6) is 1.98. The van der Waals surface area contributed by atoms with Crippen LogP contribution in [0.5, 0.6) is 0 Å². The Kier molecular flexibility index (Phi) is 5.65. The number of nitrogens with one attached hydrogen (secondary N) is 1. The van der Waals surface area contributed by atoms with E-state index in [-0.39, 0.29) is 0 Å². The average Bonchev–Trinajstić information content (AvgIpc) is 2.71. The maximum Gasteiger partial charge on any atom is 0.0995 e. The number of aliphatic imine (C=N–C) groups is 1. The summed E-state index contributed by atoms with van der Waals surface area (Å²) in [6.07, 6.45) is 8.03. The molecule has 1 atom stereocenters. The van der Waals surface area contributed by atoms with E-state index in [4.69, 9.17) is 0 Å². The highest BCUT2D eigenvalue weighted by Gasteiger charge is 2.15. The van der Waals surface area contributed by atoms with E-state index in [0.717, 1.165) is 13.1 Å². The Balaban J connectivity index is 2.18. The minimum atomic E-state index is 0.703. The maximum absolute atomic E-state index is 4.51. The highest BCUT2D eigenvalue weighted by atomic mass is 15.1. The molecule has 0 radical (unpaired) electrons. The van der Waals surface area contributed by atoms with Crippen LogP contribution in [0.2, 0.25) is 0 Å². The molecule has 0 spiro atoms. The predicted octanol–water partition coefficient (Wildman–Crippen LogP) is 2.98. The molecule has 0 amide bonds. The van der Waals surface area contributed by atoms with Gasteiger partial charge in [-0.25, -0.2) is 0 Å². The fourth-order valence-electron chi connectivity index (χ4n) is 2.04. The summed E-state index contributed by atoms with van der Waals surface area (Å²) in [7, 11) is 0. The molecule has 0 aromatic carbocycles. The van der Waals surface area contributed by atoms with Crippen molar-refractivity contribution < 1.29 is 0 Å². The van der Waals surface area contributed by atoms with E-state index in [9.17, 15) is 0 Å². The van der Waals surface area contributed by atoms with Crippen LogP contribution in [0.4, 0.5) is 0 Å². The molecule has 0 aromatic heterocycles. The molecule has 1 aliphatic rings. The normalized spacial score (nSPS) is 17.7. The van der Waals surface area contributed by atoms with E-state index in [1.807, 2.05) is 0 Å². The Morgan fingerprint density at radius 3 is 2.71 bits per heavy atom. The number of hydrogen-bond donors (Lipinski definition) is 1. The zero-order chi connectivity index (χ0) is 10.2. The minimum absolute atomic E-state index is 0.703. The van der Waals surface area contributed by atoms with Gasteiger partial charge in [0.05, 0.1) is 12.4 Å². The van der Waals surface area contributed by atoms with Crippen LogP contribution in [0.3, 0.4) is 0 Å². The van der Waals surface area contributed by atoms with Crippen LogP contribution in [0, 0.1) is 5.92 Å². The van der Waals surface area contributed by atoms with Crippen molar-refractivity contribution in [3.63, 3.8) is 0 Å². The zero-order valence-corrected chi connectivity index (χ0v) is 9.68. The molecule has 14 heavy (non-hydrogen) atoms. The number of nitrogens with zero attached hydrogens (tertiary/aromatic N) is 1. The molecule has 1 aliphatic heterocycles. The first-order valence-electron chi connectivity index (χ1n) is 6.16. The van der Waals surface area contributed by atoms with E-state index < -0.39 is 0 Å². The van der Waals surface area contributed by atoms with Gasteiger partial charge in [-0.3, -0.25) is 4.99 Å². The summed E-state index contributed by atoms with van der Waals surface area (Å²) >= 11 is 0. The van der Waals surface area contributed by atoms with Crippen molar-refractivity contribution in [1.29, 1.82) is 0 Å². The quantitative estimate of drug-likeness (QED) is 0.622. The lowest BCUT2D eigenvalue weighted by molar-refractivity contribution is 0.534. The summed E-state index contributed by atoms with van der Waals surface area (Å²) < 4.78 is 0. The van der Waals surface area contributed by atoms with Gasteiger partial charge in [0.1, 0.15) is 0 Å².